The first-order valence-electron chi connectivity index (χ1n) is 23.0. The lowest BCUT2D eigenvalue weighted by atomic mass is 9.96. The summed E-state index contributed by atoms with van der Waals surface area (Å²) in [5.41, 5.74) is 10.4. The number of aromatic nitrogens is 12. The highest BCUT2D eigenvalue weighted by Crippen LogP contribution is 2.30. The van der Waals surface area contributed by atoms with E-state index in [-0.39, 0.29) is 11.1 Å². The molecule has 0 aliphatic rings. The number of aromatic amines is 1. The van der Waals surface area contributed by atoms with Crippen LogP contribution in [-0.4, -0.2) is 59.7 Å². The van der Waals surface area contributed by atoms with Crippen molar-refractivity contribution < 1.29 is 0 Å². The van der Waals surface area contributed by atoms with Gasteiger partial charge in [-0.25, -0.2) is 29.1 Å². The Morgan fingerprint density at radius 2 is 1.07 bits per heavy atom. The molecule has 0 bridgehead atoms. The van der Waals surface area contributed by atoms with E-state index in [1.54, 1.807) is 41.7 Å². The molecule has 4 aromatic carbocycles. The molecule has 1 N–H and O–H groups in total. The summed E-state index contributed by atoms with van der Waals surface area (Å²) in [5, 5.41) is 23.9. The second-order valence-electron chi connectivity index (χ2n) is 16.5. The standard InChI is InChI=1S/C27H26N8O.C27H25N5O/c1-3-4-9-24-23(27(36)35(18(2)30-24)25-17-28-14-15-29-25)16-19-10-12-20(13-11-19)21-7-5-6-8-22(21)26-31-33-34-32-26;1-3-4-9-25-24(27(33)32(19(2)31-25)26-18-29-14-15-30-26)16-20-10-12-21(13-11-20)23-8-6-5-7-22(23)17-28/h5-8,10-15,17H,3-4,9,16H2,1-2H3,(H,31,32,33,34);5-8,10-15,18H,3-4,9,16H2,1-2H3. The summed E-state index contributed by atoms with van der Waals surface area (Å²) in [6.07, 6.45) is 16.0. The lowest BCUT2D eigenvalue weighted by Gasteiger charge is -2.15. The molecule has 15 nitrogen and oxygen atoms in total. The third-order valence-electron chi connectivity index (χ3n) is 11.8. The fraction of sp³-hybridized carbons (Fsp3) is 0.222. The van der Waals surface area contributed by atoms with Crippen LogP contribution in [-0.2, 0) is 25.7 Å². The number of hydrogen-bond donors (Lipinski definition) is 1. The topological polar surface area (TPSA) is 200 Å². The Morgan fingerprint density at radius 3 is 1.52 bits per heavy atom. The van der Waals surface area contributed by atoms with E-state index < -0.39 is 0 Å². The molecule has 0 atom stereocenters. The first-order valence-corrected chi connectivity index (χ1v) is 23.0. The van der Waals surface area contributed by atoms with Crippen LogP contribution in [0.4, 0.5) is 0 Å². The molecule has 15 heteroatoms. The van der Waals surface area contributed by atoms with Crippen molar-refractivity contribution in [3.8, 4) is 51.3 Å². The van der Waals surface area contributed by atoms with E-state index in [4.69, 9.17) is 9.97 Å². The Labute approximate surface area is 399 Å². The summed E-state index contributed by atoms with van der Waals surface area (Å²) < 4.78 is 3.09. The van der Waals surface area contributed by atoms with Crippen LogP contribution in [0.3, 0.4) is 0 Å². The van der Waals surface area contributed by atoms with Gasteiger partial charge in [-0.2, -0.15) is 10.5 Å². The molecule has 0 aliphatic carbocycles. The fourth-order valence-corrected chi connectivity index (χ4v) is 8.30. The number of aryl methyl sites for hydroxylation is 4. The van der Waals surface area contributed by atoms with Crippen LogP contribution in [0.2, 0.25) is 0 Å². The average molecular weight is 914 g/mol. The number of rotatable bonds is 15. The molecule has 9 aromatic rings. The van der Waals surface area contributed by atoms with Gasteiger partial charge in [-0.3, -0.25) is 19.6 Å². The van der Waals surface area contributed by atoms with Crippen LogP contribution in [0, 0.1) is 25.2 Å². The molecule has 69 heavy (non-hydrogen) atoms. The van der Waals surface area contributed by atoms with Crippen LogP contribution < -0.4 is 11.1 Å². The van der Waals surface area contributed by atoms with E-state index in [2.05, 4.69) is 84.7 Å². The van der Waals surface area contributed by atoms with Gasteiger partial charge in [-0.1, -0.05) is 118 Å². The Bertz CT molecular complexity index is 3310. The van der Waals surface area contributed by atoms with Crippen molar-refractivity contribution in [1.29, 1.82) is 5.26 Å². The zero-order valence-corrected chi connectivity index (χ0v) is 39.0. The highest BCUT2D eigenvalue weighted by atomic mass is 16.1. The molecule has 0 radical (unpaired) electrons. The largest absolute Gasteiger partial charge is 0.268 e. The van der Waals surface area contributed by atoms with E-state index in [0.717, 1.165) is 88.9 Å². The molecule has 5 aromatic heterocycles. The van der Waals surface area contributed by atoms with Crippen molar-refractivity contribution in [2.24, 2.45) is 0 Å². The van der Waals surface area contributed by atoms with Gasteiger partial charge in [-0.05, 0) is 84.2 Å². The third-order valence-corrected chi connectivity index (χ3v) is 11.8. The molecular formula is C54H51N13O2. The second-order valence-corrected chi connectivity index (χ2v) is 16.5. The maximum Gasteiger partial charge on any atom is 0.263 e. The predicted octanol–water partition coefficient (Wildman–Crippen LogP) is 8.91. The second kappa shape index (κ2) is 22.2. The molecule has 0 fully saturated rings. The van der Waals surface area contributed by atoms with Crippen LogP contribution in [0.1, 0.15) is 90.4 Å². The van der Waals surface area contributed by atoms with Crippen LogP contribution in [0.15, 0.2) is 144 Å². The highest BCUT2D eigenvalue weighted by molar-refractivity contribution is 5.80. The average Bonchev–Trinajstić information content (AvgIpc) is 3.94. The van der Waals surface area contributed by atoms with Gasteiger partial charge in [0.25, 0.3) is 11.1 Å². The molecule has 0 unspecified atom stereocenters. The minimum Gasteiger partial charge on any atom is -0.268 e. The van der Waals surface area contributed by atoms with E-state index >= 15 is 0 Å². The van der Waals surface area contributed by atoms with E-state index in [0.29, 0.717) is 58.6 Å². The Kier molecular flexibility index (Phi) is 15.1. The Hall–Kier alpha value is -8.64. The number of tetrazole rings is 1. The number of benzene rings is 4. The van der Waals surface area contributed by atoms with Gasteiger partial charge in [0.1, 0.15) is 11.6 Å². The quantitative estimate of drug-likeness (QED) is 0.103. The Morgan fingerprint density at radius 1 is 0.594 bits per heavy atom. The maximum absolute atomic E-state index is 13.7. The van der Waals surface area contributed by atoms with Crippen LogP contribution >= 0.6 is 0 Å². The molecule has 5 heterocycles. The lowest BCUT2D eigenvalue weighted by molar-refractivity contribution is 0.727. The molecule has 9 rings (SSSR count). The molecule has 0 saturated carbocycles. The van der Waals surface area contributed by atoms with Gasteiger partial charge < -0.3 is 0 Å². The van der Waals surface area contributed by atoms with Gasteiger partial charge >= 0.3 is 0 Å². The SMILES string of the molecule is CCCCc1nc(C)n(-c2cnccn2)c(=O)c1Cc1ccc(-c2ccccc2-c2nn[nH]n2)cc1.CCCCc1nc(C)n(-c2cnccn2)c(=O)c1Cc1ccc(-c2ccccc2C#N)cc1. The van der Waals surface area contributed by atoms with Crippen molar-refractivity contribution in [2.45, 2.75) is 79.1 Å². The van der Waals surface area contributed by atoms with Crippen molar-refractivity contribution in [3.05, 3.63) is 206 Å². The number of unbranched alkanes of at least 4 members (excludes halogenated alkanes) is 2. The molecule has 0 spiro atoms. The van der Waals surface area contributed by atoms with Gasteiger partial charge in [0.05, 0.1) is 35.4 Å². The minimum atomic E-state index is -0.104. The van der Waals surface area contributed by atoms with E-state index in [1.807, 2.05) is 86.6 Å². The lowest BCUT2D eigenvalue weighted by Crippen LogP contribution is -2.29. The van der Waals surface area contributed by atoms with E-state index in [1.165, 1.54) is 4.57 Å². The van der Waals surface area contributed by atoms with Crippen molar-refractivity contribution in [1.82, 2.24) is 59.7 Å². The number of nitriles is 1. The predicted molar refractivity (Wildman–Crippen MR) is 265 cm³/mol. The smallest absolute Gasteiger partial charge is 0.263 e. The van der Waals surface area contributed by atoms with Gasteiger partial charge in [0.2, 0.25) is 5.82 Å². The van der Waals surface area contributed by atoms with E-state index in [9.17, 15) is 14.9 Å². The van der Waals surface area contributed by atoms with Crippen LogP contribution in [0.25, 0.3) is 45.3 Å². The summed E-state index contributed by atoms with van der Waals surface area (Å²) in [6, 6.07) is 34.0. The van der Waals surface area contributed by atoms with Crippen molar-refractivity contribution >= 4 is 0 Å². The van der Waals surface area contributed by atoms with Crippen molar-refractivity contribution in [2.75, 3.05) is 0 Å². The van der Waals surface area contributed by atoms with Crippen LogP contribution in [0.5, 0.6) is 0 Å². The molecule has 344 valence electrons. The number of H-pyrrole nitrogens is 1. The zero-order valence-electron chi connectivity index (χ0n) is 39.0. The highest BCUT2D eigenvalue weighted by Gasteiger charge is 2.19. The fourth-order valence-electron chi connectivity index (χ4n) is 8.30. The first-order chi connectivity index (χ1) is 33.8. The minimum absolute atomic E-state index is 0.0966. The maximum atomic E-state index is 13.7. The summed E-state index contributed by atoms with van der Waals surface area (Å²) in [4.78, 5) is 53.7. The Balaban J connectivity index is 0.000000187. The monoisotopic (exact) mass is 913 g/mol. The summed E-state index contributed by atoms with van der Waals surface area (Å²) >= 11 is 0. The summed E-state index contributed by atoms with van der Waals surface area (Å²) in [7, 11) is 0. The first kappa shape index (κ1) is 46.9. The molecule has 0 amide bonds. The number of nitrogens with zero attached hydrogens (tertiary/aromatic N) is 12. The van der Waals surface area contributed by atoms with Gasteiger partial charge in [0, 0.05) is 54.3 Å². The van der Waals surface area contributed by atoms with Crippen molar-refractivity contribution in [3.63, 3.8) is 0 Å². The van der Waals surface area contributed by atoms with Gasteiger partial charge in [0.15, 0.2) is 11.6 Å². The summed E-state index contributed by atoms with van der Waals surface area (Å²) in [6.45, 7) is 7.94. The summed E-state index contributed by atoms with van der Waals surface area (Å²) in [5.74, 6) is 2.72. The zero-order chi connectivity index (χ0) is 48.1. The number of nitrogens with one attached hydrogen (secondary N) is 1. The number of hydrogen-bond acceptors (Lipinski definition) is 12. The molecule has 0 aliphatic heterocycles. The molecule has 0 saturated heterocycles. The van der Waals surface area contributed by atoms with Gasteiger partial charge in [-0.15, -0.1) is 10.2 Å². The normalized spacial score (nSPS) is 10.9. The third kappa shape index (κ3) is 10.8. The molecular weight excluding hydrogens is 863 g/mol.